The first-order valence-corrected chi connectivity index (χ1v) is 9.45. The summed E-state index contributed by atoms with van der Waals surface area (Å²) in [5, 5.41) is 7.66. The molecule has 3 atom stereocenters. The number of nitrogens with zero attached hydrogens (tertiary/aromatic N) is 2. The third-order valence-electron chi connectivity index (χ3n) is 5.98. The van der Waals surface area contributed by atoms with Crippen molar-refractivity contribution in [1.82, 2.24) is 15.6 Å². The van der Waals surface area contributed by atoms with Gasteiger partial charge in [0, 0.05) is 48.9 Å². The summed E-state index contributed by atoms with van der Waals surface area (Å²) < 4.78 is 5.98. The fourth-order valence-electron chi connectivity index (χ4n) is 4.54. The number of nitrogens with one attached hydrogen (secondary N) is 2. The molecule has 3 aliphatic heterocycles. The second kappa shape index (κ2) is 6.02. The highest BCUT2D eigenvalue weighted by Crippen LogP contribution is 2.30. The zero-order valence-electron chi connectivity index (χ0n) is 14.3. The van der Waals surface area contributed by atoms with Gasteiger partial charge in [-0.2, -0.15) is 0 Å². The van der Waals surface area contributed by atoms with E-state index in [9.17, 15) is 4.79 Å². The molecule has 1 saturated carbocycles. The molecule has 5 heterocycles. The summed E-state index contributed by atoms with van der Waals surface area (Å²) in [7, 11) is 0. The van der Waals surface area contributed by atoms with Crippen LogP contribution in [-0.4, -0.2) is 42.6 Å². The molecule has 2 aromatic rings. The van der Waals surface area contributed by atoms with Gasteiger partial charge in [0.25, 0.3) is 5.91 Å². The molecule has 3 unspecified atom stereocenters. The SMILES string of the molecule is O=C(NC1CC2CCC1NC2)c1cc2oc(N3CCCC3)cc2cn1. The second-order valence-corrected chi connectivity index (χ2v) is 7.66. The Bertz CT molecular complexity index is 788. The monoisotopic (exact) mass is 340 g/mol. The zero-order valence-corrected chi connectivity index (χ0v) is 14.3. The Morgan fingerprint density at radius 3 is 2.88 bits per heavy atom. The second-order valence-electron chi connectivity index (χ2n) is 7.66. The lowest BCUT2D eigenvalue weighted by Gasteiger charge is -2.43. The highest BCUT2D eigenvalue weighted by atomic mass is 16.4. The van der Waals surface area contributed by atoms with Crippen molar-refractivity contribution in [2.45, 2.75) is 44.2 Å². The zero-order chi connectivity index (χ0) is 16.8. The lowest BCUT2D eigenvalue weighted by molar-refractivity contribution is 0.0863. The van der Waals surface area contributed by atoms with E-state index in [4.69, 9.17) is 4.42 Å². The molecule has 6 nitrogen and oxygen atoms in total. The number of fused-ring (bicyclic) bond motifs is 4. The summed E-state index contributed by atoms with van der Waals surface area (Å²) in [6.07, 6.45) is 7.67. The van der Waals surface area contributed by atoms with Crippen LogP contribution in [0.25, 0.3) is 11.0 Å². The maximum Gasteiger partial charge on any atom is 0.270 e. The van der Waals surface area contributed by atoms with Crippen molar-refractivity contribution < 1.29 is 9.21 Å². The molecule has 25 heavy (non-hydrogen) atoms. The number of carbonyl (C=O) groups excluding carboxylic acids is 1. The topological polar surface area (TPSA) is 70.4 Å². The highest BCUT2D eigenvalue weighted by molar-refractivity contribution is 5.95. The Balaban J connectivity index is 1.34. The Kier molecular flexibility index (Phi) is 3.66. The van der Waals surface area contributed by atoms with Crippen LogP contribution in [0.4, 0.5) is 5.88 Å². The maximum absolute atomic E-state index is 12.6. The van der Waals surface area contributed by atoms with Gasteiger partial charge in [-0.1, -0.05) is 0 Å². The number of furan rings is 1. The van der Waals surface area contributed by atoms with Gasteiger partial charge in [-0.25, -0.2) is 0 Å². The molecule has 3 saturated heterocycles. The van der Waals surface area contributed by atoms with E-state index < -0.39 is 0 Å². The quantitative estimate of drug-likeness (QED) is 0.897. The minimum Gasteiger partial charge on any atom is -0.440 e. The summed E-state index contributed by atoms with van der Waals surface area (Å²) in [5.41, 5.74) is 1.18. The van der Waals surface area contributed by atoms with E-state index >= 15 is 0 Å². The largest absolute Gasteiger partial charge is 0.440 e. The van der Waals surface area contributed by atoms with E-state index in [0.29, 0.717) is 17.7 Å². The molecular weight excluding hydrogens is 316 g/mol. The minimum atomic E-state index is -0.0969. The highest BCUT2D eigenvalue weighted by Gasteiger charge is 2.36. The smallest absolute Gasteiger partial charge is 0.270 e. The Morgan fingerprint density at radius 1 is 1.28 bits per heavy atom. The first kappa shape index (κ1) is 15.2. The molecule has 2 N–H and O–H groups in total. The number of rotatable bonds is 3. The Hall–Kier alpha value is -2.08. The summed E-state index contributed by atoms with van der Waals surface area (Å²) in [6, 6.07) is 4.43. The molecule has 0 aromatic carbocycles. The number of anilines is 1. The van der Waals surface area contributed by atoms with Crippen LogP contribution >= 0.6 is 0 Å². The van der Waals surface area contributed by atoms with E-state index in [1.54, 1.807) is 12.3 Å². The lowest BCUT2D eigenvalue weighted by Crippen LogP contribution is -2.59. The fraction of sp³-hybridized carbons (Fsp3) is 0.579. The Morgan fingerprint density at radius 2 is 2.16 bits per heavy atom. The van der Waals surface area contributed by atoms with Crippen LogP contribution in [0.2, 0.25) is 0 Å². The van der Waals surface area contributed by atoms with Crippen LogP contribution in [0.5, 0.6) is 0 Å². The number of amides is 1. The number of hydrogen-bond donors (Lipinski definition) is 2. The van der Waals surface area contributed by atoms with E-state index in [1.165, 1.54) is 19.3 Å². The van der Waals surface area contributed by atoms with Crippen molar-refractivity contribution in [2.24, 2.45) is 5.92 Å². The van der Waals surface area contributed by atoms with Crippen molar-refractivity contribution >= 4 is 22.8 Å². The molecule has 2 bridgehead atoms. The van der Waals surface area contributed by atoms with Gasteiger partial charge in [-0.3, -0.25) is 9.78 Å². The van der Waals surface area contributed by atoms with Gasteiger partial charge in [0.1, 0.15) is 11.3 Å². The molecule has 2 aromatic heterocycles. The van der Waals surface area contributed by atoms with Crippen LogP contribution in [0, 0.1) is 5.92 Å². The molecule has 6 rings (SSSR count). The predicted molar refractivity (Wildman–Crippen MR) is 95.8 cm³/mol. The third-order valence-corrected chi connectivity index (χ3v) is 5.98. The van der Waals surface area contributed by atoms with Crippen LogP contribution in [0.15, 0.2) is 22.7 Å². The van der Waals surface area contributed by atoms with Crippen LogP contribution in [0.3, 0.4) is 0 Å². The van der Waals surface area contributed by atoms with Gasteiger partial charge in [-0.05, 0) is 44.6 Å². The molecular formula is C19H24N4O2. The number of piperidine rings is 2. The first-order chi connectivity index (χ1) is 12.3. The average Bonchev–Trinajstić information content (AvgIpc) is 3.31. The average molecular weight is 340 g/mol. The van der Waals surface area contributed by atoms with Crippen molar-refractivity contribution in [3.05, 3.63) is 24.0 Å². The van der Waals surface area contributed by atoms with E-state index in [2.05, 4.69) is 20.5 Å². The minimum absolute atomic E-state index is 0.0969. The number of hydrogen-bond acceptors (Lipinski definition) is 5. The molecule has 6 heteroatoms. The fourth-order valence-corrected chi connectivity index (χ4v) is 4.54. The maximum atomic E-state index is 12.6. The van der Waals surface area contributed by atoms with Crippen molar-refractivity contribution in [2.75, 3.05) is 24.5 Å². The summed E-state index contributed by atoms with van der Waals surface area (Å²) in [5.74, 6) is 1.49. The molecule has 0 spiro atoms. The number of pyridine rings is 1. The normalized spacial score (nSPS) is 28.6. The van der Waals surface area contributed by atoms with Crippen LogP contribution in [-0.2, 0) is 0 Å². The summed E-state index contributed by atoms with van der Waals surface area (Å²) >= 11 is 0. The van der Waals surface area contributed by atoms with E-state index in [0.717, 1.165) is 49.3 Å². The standard InChI is InChI=1S/C19H24N4O2/c24-19(22-15-7-12-3-4-14(15)20-10-12)16-9-17-13(11-21-16)8-18(25-17)23-5-1-2-6-23/h8-9,11-12,14-15,20H,1-7,10H2,(H,22,24). The molecule has 4 aliphatic rings. The summed E-state index contributed by atoms with van der Waals surface area (Å²) in [4.78, 5) is 19.3. The van der Waals surface area contributed by atoms with Gasteiger partial charge in [-0.15, -0.1) is 0 Å². The van der Waals surface area contributed by atoms with Crippen molar-refractivity contribution in [3.63, 3.8) is 0 Å². The van der Waals surface area contributed by atoms with Gasteiger partial charge in [0.2, 0.25) is 0 Å². The molecule has 1 aliphatic carbocycles. The lowest BCUT2D eigenvalue weighted by atomic mass is 9.78. The van der Waals surface area contributed by atoms with Gasteiger partial charge in [0.15, 0.2) is 5.88 Å². The van der Waals surface area contributed by atoms with Crippen molar-refractivity contribution in [1.29, 1.82) is 0 Å². The van der Waals surface area contributed by atoms with E-state index in [-0.39, 0.29) is 11.9 Å². The van der Waals surface area contributed by atoms with Crippen molar-refractivity contribution in [3.8, 4) is 0 Å². The molecule has 1 amide bonds. The number of carbonyl (C=O) groups is 1. The molecule has 0 radical (unpaired) electrons. The molecule has 132 valence electrons. The van der Waals surface area contributed by atoms with Gasteiger partial charge >= 0.3 is 0 Å². The van der Waals surface area contributed by atoms with Gasteiger partial charge < -0.3 is 20.0 Å². The predicted octanol–water partition coefficient (Wildman–Crippen LogP) is 2.30. The van der Waals surface area contributed by atoms with Crippen LogP contribution < -0.4 is 15.5 Å². The first-order valence-electron chi connectivity index (χ1n) is 9.45. The van der Waals surface area contributed by atoms with Gasteiger partial charge in [0.05, 0.1) is 0 Å². The number of aromatic nitrogens is 1. The Labute approximate surface area is 147 Å². The van der Waals surface area contributed by atoms with E-state index in [1.807, 2.05) is 6.07 Å². The summed E-state index contributed by atoms with van der Waals surface area (Å²) in [6.45, 7) is 3.17. The third kappa shape index (κ3) is 2.78. The molecule has 4 fully saturated rings. The van der Waals surface area contributed by atoms with Crippen LogP contribution in [0.1, 0.15) is 42.6 Å².